The van der Waals surface area contributed by atoms with Crippen molar-refractivity contribution in [2.45, 2.75) is 6.04 Å². The number of hydrogen-bond donors (Lipinski definition) is 2. The van der Waals surface area contributed by atoms with Crippen molar-refractivity contribution in [3.8, 4) is 0 Å². The number of halogens is 2. The number of aliphatic hydroxyl groups excluding tert-OH is 1. The Morgan fingerprint density at radius 3 is 2.86 bits per heavy atom. The summed E-state index contributed by atoms with van der Waals surface area (Å²) in [5.41, 5.74) is 5.18. The summed E-state index contributed by atoms with van der Waals surface area (Å²) >= 11 is 3.11. The van der Waals surface area contributed by atoms with E-state index in [-0.39, 0.29) is 5.56 Å². The molecule has 76 valence electrons. The molecule has 1 rings (SSSR count). The van der Waals surface area contributed by atoms with Crippen molar-refractivity contribution in [1.82, 2.24) is 0 Å². The van der Waals surface area contributed by atoms with Crippen LogP contribution < -0.4 is 5.73 Å². The van der Waals surface area contributed by atoms with Gasteiger partial charge in [0.1, 0.15) is 5.82 Å². The Kier molecular flexibility index (Phi) is 3.74. The zero-order valence-electron chi connectivity index (χ0n) is 7.21. The minimum atomic E-state index is -1.07. The van der Waals surface area contributed by atoms with E-state index in [9.17, 15) is 9.18 Å². The van der Waals surface area contributed by atoms with Crippen molar-refractivity contribution in [2.24, 2.45) is 5.73 Å². The third-order valence-electron chi connectivity index (χ3n) is 1.73. The van der Waals surface area contributed by atoms with Gasteiger partial charge in [-0.05, 0) is 18.2 Å². The van der Waals surface area contributed by atoms with Gasteiger partial charge in [0, 0.05) is 4.47 Å². The summed E-state index contributed by atoms with van der Waals surface area (Å²) in [7, 11) is 0. The maximum Gasteiger partial charge on any atom is 0.184 e. The van der Waals surface area contributed by atoms with Crippen LogP contribution in [0, 0.1) is 5.82 Å². The molecule has 1 unspecified atom stereocenters. The molecular formula is C9H9BrFNO2. The summed E-state index contributed by atoms with van der Waals surface area (Å²) < 4.78 is 13.7. The van der Waals surface area contributed by atoms with E-state index < -0.39 is 24.2 Å². The molecule has 3 N–H and O–H groups in total. The second-order valence-corrected chi connectivity index (χ2v) is 3.69. The van der Waals surface area contributed by atoms with Crippen LogP contribution in [0.15, 0.2) is 22.7 Å². The van der Waals surface area contributed by atoms with Crippen LogP contribution in [0.4, 0.5) is 4.39 Å². The van der Waals surface area contributed by atoms with Gasteiger partial charge in [-0.15, -0.1) is 0 Å². The molecule has 0 aliphatic heterocycles. The fourth-order valence-electron chi connectivity index (χ4n) is 0.969. The second kappa shape index (κ2) is 4.63. The topological polar surface area (TPSA) is 63.3 Å². The number of aliphatic hydroxyl groups is 1. The number of hydrogen-bond acceptors (Lipinski definition) is 3. The minimum absolute atomic E-state index is 0.110. The van der Waals surface area contributed by atoms with Gasteiger partial charge in [-0.1, -0.05) is 15.9 Å². The molecular weight excluding hydrogens is 253 g/mol. The van der Waals surface area contributed by atoms with Crippen LogP contribution in [0.3, 0.4) is 0 Å². The Morgan fingerprint density at radius 1 is 1.64 bits per heavy atom. The first kappa shape index (κ1) is 11.3. The zero-order chi connectivity index (χ0) is 10.7. The van der Waals surface area contributed by atoms with Crippen molar-refractivity contribution in [3.05, 3.63) is 34.1 Å². The van der Waals surface area contributed by atoms with E-state index in [0.717, 1.165) is 0 Å². The molecule has 0 saturated heterocycles. The van der Waals surface area contributed by atoms with E-state index in [4.69, 9.17) is 10.8 Å². The highest BCUT2D eigenvalue weighted by molar-refractivity contribution is 9.10. The standard InChI is InChI=1S/C9H9BrFNO2/c10-5-1-2-7(11)6(3-5)9(14)8(12)4-13/h1-3,8,13H,4,12H2. The number of carbonyl (C=O) groups excluding carboxylic acids is 1. The number of carbonyl (C=O) groups is 1. The molecule has 5 heteroatoms. The second-order valence-electron chi connectivity index (χ2n) is 2.78. The Bertz CT molecular complexity index is 357. The quantitative estimate of drug-likeness (QED) is 0.801. The average molecular weight is 262 g/mol. The van der Waals surface area contributed by atoms with Gasteiger partial charge in [0.05, 0.1) is 18.2 Å². The summed E-state index contributed by atoms with van der Waals surface area (Å²) in [5.74, 6) is -1.24. The van der Waals surface area contributed by atoms with E-state index in [2.05, 4.69) is 15.9 Å². The highest BCUT2D eigenvalue weighted by Crippen LogP contribution is 2.16. The predicted octanol–water partition coefficient (Wildman–Crippen LogP) is 1.09. The van der Waals surface area contributed by atoms with Gasteiger partial charge in [0.25, 0.3) is 0 Å². The van der Waals surface area contributed by atoms with Crippen molar-refractivity contribution in [3.63, 3.8) is 0 Å². The van der Waals surface area contributed by atoms with E-state index in [0.29, 0.717) is 4.47 Å². The number of nitrogens with two attached hydrogens (primary N) is 1. The molecule has 0 aliphatic rings. The Hall–Kier alpha value is -0.780. The molecule has 1 aromatic carbocycles. The number of Topliss-reactive ketones (excluding diaryl/α,β-unsaturated/α-hetero) is 1. The van der Waals surface area contributed by atoms with Gasteiger partial charge >= 0.3 is 0 Å². The SMILES string of the molecule is NC(CO)C(=O)c1cc(Br)ccc1F. The first-order valence-electron chi connectivity index (χ1n) is 3.92. The van der Waals surface area contributed by atoms with E-state index in [1.807, 2.05) is 0 Å². The predicted molar refractivity (Wildman–Crippen MR) is 53.5 cm³/mol. The van der Waals surface area contributed by atoms with Gasteiger partial charge in [-0.3, -0.25) is 4.79 Å². The molecule has 0 heterocycles. The lowest BCUT2D eigenvalue weighted by Crippen LogP contribution is -2.34. The molecule has 0 amide bonds. The van der Waals surface area contributed by atoms with Gasteiger partial charge in [-0.25, -0.2) is 4.39 Å². The molecule has 1 atom stereocenters. The maximum atomic E-state index is 13.1. The summed E-state index contributed by atoms with van der Waals surface area (Å²) in [6, 6.07) is 2.92. The Labute approximate surface area is 88.9 Å². The fourth-order valence-corrected chi connectivity index (χ4v) is 1.33. The van der Waals surface area contributed by atoms with Gasteiger partial charge in [-0.2, -0.15) is 0 Å². The Balaban J connectivity index is 3.06. The highest BCUT2D eigenvalue weighted by atomic mass is 79.9. The first-order chi connectivity index (χ1) is 6.56. The van der Waals surface area contributed by atoms with Crippen molar-refractivity contribution < 1.29 is 14.3 Å². The van der Waals surface area contributed by atoms with Gasteiger partial charge < -0.3 is 10.8 Å². The first-order valence-corrected chi connectivity index (χ1v) is 4.71. The summed E-state index contributed by atoms with van der Waals surface area (Å²) in [4.78, 5) is 11.4. The highest BCUT2D eigenvalue weighted by Gasteiger charge is 2.18. The molecule has 0 spiro atoms. The number of rotatable bonds is 3. The van der Waals surface area contributed by atoms with Crippen LogP contribution >= 0.6 is 15.9 Å². The van der Waals surface area contributed by atoms with Crippen LogP contribution in [0.5, 0.6) is 0 Å². The molecule has 0 bridgehead atoms. The lowest BCUT2D eigenvalue weighted by molar-refractivity contribution is 0.0921. The van der Waals surface area contributed by atoms with Crippen LogP contribution in [-0.2, 0) is 0 Å². The number of ketones is 1. The molecule has 0 radical (unpaired) electrons. The summed E-state index contributed by atoms with van der Waals surface area (Å²) in [5, 5.41) is 8.65. The van der Waals surface area contributed by atoms with Crippen molar-refractivity contribution in [1.29, 1.82) is 0 Å². The Morgan fingerprint density at radius 2 is 2.29 bits per heavy atom. The minimum Gasteiger partial charge on any atom is -0.394 e. The van der Waals surface area contributed by atoms with Crippen LogP contribution in [0.25, 0.3) is 0 Å². The van der Waals surface area contributed by atoms with E-state index in [1.165, 1.54) is 18.2 Å². The van der Waals surface area contributed by atoms with Crippen LogP contribution in [-0.4, -0.2) is 23.5 Å². The average Bonchev–Trinajstić information content (AvgIpc) is 2.19. The number of benzene rings is 1. The maximum absolute atomic E-state index is 13.1. The molecule has 0 aromatic heterocycles. The molecule has 14 heavy (non-hydrogen) atoms. The third kappa shape index (κ3) is 2.37. The molecule has 0 saturated carbocycles. The molecule has 1 aromatic rings. The summed E-state index contributed by atoms with van der Waals surface area (Å²) in [6.45, 7) is -0.495. The lowest BCUT2D eigenvalue weighted by atomic mass is 10.1. The fraction of sp³-hybridized carbons (Fsp3) is 0.222. The van der Waals surface area contributed by atoms with E-state index >= 15 is 0 Å². The monoisotopic (exact) mass is 261 g/mol. The smallest absolute Gasteiger partial charge is 0.184 e. The van der Waals surface area contributed by atoms with E-state index in [1.54, 1.807) is 0 Å². The zero-order valence-corrected chi connectivity index (χ0v) is 8.79. The lowest BCUT2D eigenvalue weighted by Gasteiger charge is -2.07. The van der Waals surface area contributed by atoms with Crippen molar-refractivity contribution >= 4 is 21.7 Å². The summed E-state index contributed by atoms with van der Waals surface area (Å²) in [6.07, 6.45) is 0. The van der Waals surface area contributed by atoms with Crippen LogP contribution in [0.1, 0.15) is 10.4 Å². The van der Waals surface area contributed by atoms with Gasteiger partial charge in [0.2, 0.25) is 0 Å². The molecule has 0 fully saturated rings. The third-order valence-corrected chi connectivity index (χ3v) is 2.22. The van der Waals surface area contributed by atoms with Crippen molar-refractivity contribution in [2.75, 3.05) is 6.61 Å². The molecule has 3 nitrogen and oxygen atoms in total. The largest absolute Gasteiger partial charge is 0.394 e. The molecule has 0 aliphatic carbocycles. The normalized spacial score (nSPS) is 12.6. The van der Waals surface area contributed by atoms with Gasteiger partial charge in [0.15, 0.2) is 5.78 Å². The van der Waals surface area contributed by atoms with Crippen LogP contribution in [0.2, 0.25) is 0 Å².